The summed E-state index contributed by atoms with van der Waals surface area (Å²) in [5.41, 5.74) is 0. The van der Waals surface area contributed by atoms with Crippen molar-refractivity contribution >= 4 is 5.97 Å². The highest BCUT2D eigenvalue weighted by Crippen LogP contribution is 2.24. The number of allylic oxidation sites excluding steroid dienone is 7. The second-order valence-electron chi connectivity index (χ2n) is 10.1. The van der Waals surface area contributed by atoms with Crippen LogP contribution in [0.25, 0.3) is 0 Å². The molecule has 41 heavy (non-hydrogen) atoms. The molecule has 0 unspecified atom stereocenters. The van der Waals surface area contributed by atoms with Crippen molar-refractivity contribution in [1.82, 2.24) is 0 Å². The van der Waals surface area contributed by atoms with Gasteiger partial charge >= 0.3 is 5.97 Å². The molecule has 2 heterocycles. The molecule has 0 aromatic carbocycles. The Bertz CT molecular complexity index is 922. The average molecular weight is 579 g/mol. The highest BCUT2D eigenvalue weighted by molar-refractivity contribution is 5.82. The number of carbonyl (C=O) groups is 1. The van der Waals surface area contributed by atoms with Crippen LogP contribution in [-0.4, -0.2) is 100 Å². The number of ether oxygens (including phenoxy) is 4. The molecule has 0 amide bonds. The van der Waals surface area contributed by atoms with Crippen molar-refractivity contribution in [3.63, 3.8) is 0 Å². The number of hydrogen-bond donors (Lipinski definition) is 5. The van der Waals surface area contributed by atoms with E-state index in [4.69, 9.17) is 18.9 Å². The SMILES string of the molecule is CO[C@H]1C=CC=CCCC[C@@H](C)OC(=O)C=CC=CC[C@H](O[C@H]2O[C@@H](CO)[C@H](O)[C@@H](O)[C@@H]2O)C=CC=CC[C@H](O)C1. The monoisotopic (exact) mass is 578 g/mol. The number of rotatable bonds is 4. The van der Waals surface area contributed by atoms with Crippen molar-refractivity contribution in [2.24, 2.45) is 0 Å². The van der Waals surface area contributed by atoms with E-state index in [1.54, 1.807) is 43.6 Å². The summed E-state index contributed by atoms with van der Waals surface area (Å²) in [5, 5.41) is 50.4. The molecule has 2 aliphatic rings. The Labute approximate surface area is 242 Å². The molecule has 230 valence electrons. The number of esters is 1. The van der Waals surface area contributed by atoms with Crippen LogP contribution in [0.2, 0.25) is 0 Å². The Morgan fingerprint density at radius 1 is 0.878 bits per heavy atom. The van der Waals surface area contributed by atoms with Gasteiger partial charge in [-0.1, -0.05) is 66.8 Å². The van der Waals surface area contributed by atoms with E-state index < -0.39 is 55.5 Å². The highest BCUT2D eigenvalue weighted by atomic mass is 16.7. The largest absolute Gasteiger partial charge is 0.460 e. The summed E-state index contributed by atoms with van der Waals surface area (Å²) >= 11 is 0. The fourth-order valence-corrected chi connectivity index (χ4v) is 4.26. The van der Waals surface area contributed by atoms with Crippen molar-refractivity contribution in [2.45, 2.75) is 101 Å². The van der Waals surface area contributed by atoms with Crippen LogP contribution in [0.1, 0.15) is 45.4 Å². The van der Waals surface area contributed by atoms with E-state index in [-0.39, 0.29) is 12.2 Å². The second-order valence-corrected chi connectivity index (χ2v) is 10.1. The molecule has 2 aliphatic heterocycles. The predicted molar refractivity (Wildman–Crippen MR) is 154 cm³/mol. The lowest BCUT2D eigenvalue weighted by Crippen LogP contribution is -2.59. The van der Waals surface area contributed by atoms with Gasteiger partial charge in [0.05, 0.1) is 31.0 Å². The van der Waals surface area contributed by atoms with Gasteiger partial charge in [0, 0.05) is 19.6 Å². The molecule has 0 spiro atoms. The maximum atomic E-state index is 12.1. The number of aliphatic hydroxyl groups is 5. The standard InChI is InChI=1S/C31H46O10/c1-22-14-8-4-3-5-10-18-25(38-2)20-23(33)15-9-6-11-16-24(17-12-7-13-19-27(34)39-22)40-31-30(37)29(36)28(35)26(21-32)41-31/h3,5-7,9-13,16,18-19,22-26,28-33,35-37H,4,8,14-15,17,20-21H2,1-2H3/t22-,23+,24-,25+,26+,28+,29-,30+,31+/m1/s1. The van der Waals surface area contributed by atoms with Crippen LogP contribution in [0.3, 0.4) is 0 Å². The van der Waals surface area contributed by atoms with Gasteiger partial charge in [-0.15, -0.1) is 0 Å². The fourth-order valence-electron chi connectivity index (χ4n) is 4.26. The van der Waals surface area contributed by atoms with Crippen molar-refractivity contribution in [1.29, 1.82) is 0 Å². The topological polar surface area (TPSA) is 155 Å². The van der Waals surface area contributed by atoms with Gasteiger partial charge in [-0.2, -0.15) is 0 Å². The molecular formula is C31H46O10. The molecule has 0 radical (unpaired) electrons. The molecular weight excluding hydrogens is 532 g/mol. The Balaban J connectivity index is 2.14. The fraction of sp³-hybridized carbons (Fsp3) is 0.581. The van der Waals surface area contributed by atoms with Crippen molar-refractivity contribution < 1.29 is 49.3 Å². The molecule has 0 aromatic heterocycles. The summed E-state index contributed by atoms with van der Waals surface area (Å²) in [4.78, 5) is 12.1. The average Bonchev–Trinajstić information content (AvgIpc) is 2.94. The molecule has 1 fully saturated rings. The van der Waals surface area contributed by atoms with Gasteiger partial charge in [0.2, 0.25) is 0 Å². The number of carbonyl (C=O) groups excluding carboxylic acids is 1. The summed E-state index contributed by atoms with van der Waals surface area (Å²) < 4.78 is 22.2. The lowest BCUT2D eigenvalue weighted by Gasteiger charge is -2.40. The van der Waals surface area contributed by atoms with E-state index in [0.29, 0.717) is 19.3 Å². The Hall–Kier alpha value is -2.41. The maximum absolute atomic E-state index is 12.1. The molecule has 5 N–H and O–H groups in total. The zero-order valence-corrected chi connectivity index (χ0v) is 23.9. The number of aliphatic hydroxyl groups excluding tert-OH is 5. The second kappa shape index (κ2) is 19.7. The van der Waals surface area contributed by atoms with Crippen LogP contribution < -0.4 is 0 Å². The normalized spacial score (nSPS) is 35.2. The van der Waals surface area contributed by atoms with E-state index in [1.807, 2.05) is 37.3 Å². The first-order chi connectivity index (χ1) is 19.7. The van der Waals surface area contributed by atoms with Crippen molar-refractivity contribution in [2.75, 3.05) is 13.7 Å². The van der Waals surface area contributed by atoms with Crippen LogP contribution >= 0.6 is 0 Å². The van der Waals surface area contributed by atoms with Crippen LogP contribution in [0.15, 0.2) is 72.9 Å². The smallest absolute Gasteiger partial charge is 0.331 e. The molecule has 0 bridgehead atoms. The third kappa shape index (κ3) is 13.4. The minimum absolute atomic E-state index is 0.223. The minimum Gasteiger partial charge on any atom is -0.460 e. The maximum Gasteiger partial charge on any atom is 0.331 e. The third-order valence-electron chi connectivity index (χ3n) is 6.67. The van der Waals surface area contributed by atoms with Gasteiger partial charge in [-0.25, -0.2) is 4.79 Å². The summed E-state index contributed by atoms with van der Waals surface area (Å²) in [6, 6.07) is 0. The summed E-state index contributed by atoms with van der Waals surface area (Å²) in [7, 11) is 1.60. The van der Waals surface area contributed by atoms with Crippen LogP contribution in [0, 0.1) is 0 Å². The zero-order chi connectivity index (χ0) is 30.0. The summed E-state index contributed by atoms with van der Waals surface area (Å²) in [5.74, 6) is -0.443. The zero-order valence-electron chi connectivity index (χ0n) is 23.9. The lowest BCUT2D eigenvalue weighted by atomic mass is 9.99. The Morgan fingerprint density at radius 2 is 1.56 bits per heavy atom. The van der Waals surface area contributed by atoms with Crippen LogP contribution in [0.4, 0.5) is 0 Å². The molecule has 0 aromatic rings. The molecule has 10 heteroatoms. The van der Waals surface area contributed by atoms with E-state index in [2.05, 4.69) is 0 Å². The highest BCUT2D eigenvalue weighted by Gasteiger charge is 2.44. The minimum atomic E-state index is -1.56. The molecule has 0 saturated carbocycles. The molecule has 10 nitrogen and oxygen atoms in total. The van der Waals surface area contributed by atoms with E-state index in [9.17, 15) is 30.3 Å². The van der Waals surface area contributed by atoms with Gasteiger partial charge in [0.15, 0.2) is 6.29 Å². The Morgan fingerprint density at radius 3 is 2.29 bits per heavy atom. The molecule has 0 aliphatic carbocycles. The first kappa shape index (κ1) is 34.8. The van der Waals surface area contributed by atoms with Gasteiger partial charge in [0.1, 0.15) is 24.4 Å². The molecule has 2 rings (SSSR count). The third-order valence-corrected chi connectivity index (χ3v) is 6.67. The van der Waals surface area contributed by atoms with Gasteiger partial charge in [-0.05, 0) is 39.0 Å². The number of cyclic esters (lactones) is 1. The number of methoxy groups -OCH3 is 1. The van der Waals surface area contributed by atoms with Crippen molar-refractivity contribution in [3.8, 4) is 0 Å². The predicted octanol–water partition coefficient (Wildman–Crippen LogP) is 2.17. The number of hydrogen-bond acceptors (Lipinski definition) is 10. The molecule has 1 saturated heterocycles. The van der Waals surface area contributed by atoms with E-state index >= 15 is 0 Å². The first-order valence-corrected chi connectivity index (χ1v) is 14.1. The molecule has 9 atom stereocenters. The summed E-state index contributed by atoms with van der Waals surface area (Å²) in [6.07, 6.45) is 16.0. The van der Waals surface area contributed by atoms with Gasteiger partial charge < -0.3 is 44.5 Å². The summed E-state index contributed by atoms with van der Waals surface area (Å²) in [6.45, 7) is 1.29. The van der Waals surface area contributed by atoms with Crippen LogP contribution in [-0.2, 0) is 23.7 Å². The van der Waals surface area contributed by atoms with Crippen LogP contribution in [0.5, 0.6) is 0 Å². The van der Waals surface area contributed by atoms with Gasteiger partial charge in [-0.3, -0.25) is 0 Å². The first-order valence-electron chi connectivity index (χ1n) is 14.1. The lowest BCUT2D eigenvalue weighted by molar-refractivity contribution is -0.307. The van der Waals surface area contributed by atoms with E-state index in [0.717, 1.165) is 19.3 Å². The Kier molecular flexibility index (Phi) is 16.7. The van der Waals surface area contributed by atoms with E-state index in [1.165, 1.54) is 6.08 Å². The van der Waals surface area contributed by atoms with Crippen molar-refractivity contribution in [3.05, 3.63) is 72.9 Å². The van der Waals surface area contributed by atoms with Gasteiger partial charge in [0.25, 0.3) is 0 Å². The quantitative estimate of drug-likeness (QED) is 0.314.